The van der Waals surface area contributed by atoms with Crippen LogP contribution in [0.25, 0.3) is 0 Å². The molecule has 0 aliphatic carbocycles. The number of carbonyl (C=O) groups excluding carboxylic acids is 1. The Labute approximate surface area is 136 Å². The van der Waals surface area contributed by atoms with Crippen LogP contribution in [0.5, 0.6) is 0 Å². The minimum absolute atomic E-state index is 0.0471. The van der Waals surface area contributed by atoms with Gasteiger partial charge in [0, 0.05) is 24.7 Å². The van der Waals surface area contributed by atoms with Gasteiger partial charge in [0.25, 0.3) is 5.91 Å². The number of nitrogens with one attached hydrogen (secondary N) is 1. The topological polar surface area (TPSA) is 66.5 Å². The predicted molar refractivity (Wildman–Crippen MR) is 87.2 cm³/mol. The van der Waals surface area contributed by atoms with E-state index in [2.05, 4.69) is 5.32 Å². The number of hydrogen-bond acceptors (Lipinski definition) is 3. The minimum Gasteiger partial charge on any atom is -0.351 e. The van der Waals surface area contributed by atoms with E-state index in [-0.39, 0.29) is 18.3 Å². The van der Waals surface area contributed by atoms with E-state index in [1.54, 1.807) is 4.31 Å². The molecule has 1 N–H and O–H groups in total. The van der Waals surface area contributed by atoms with Crippen LogP contribution in [0, 0.1) is 5.82 Å². The van der Waals surface area contributed by atoms with Crippen molar-refractivity contribution in [3.05, 3.63) is 35.6 Å². The molecule has 0 saturated carbocycles. The molecule has 7 heteroatoms. The maximum absolute atomic E-state index is 12.8. The minimum atomic E-state index is -3.37. The van der Waals surface area contributed by atoms with Gasteiger partial charge >= 0.3 is 0 Å². The summed E-state index contributed by atoms with van der Waals surface area (Å²) in [5.41, 5.74) is 0.313. The Hall–Kier alpha value is -1.47. The Morgan fingerprint density at radius 2 is 2.00 bits per heavy atom. The van der Waals surface area contributed by atoms with Gasteiger partial charge in [-0.15, -0.1) is 0 Å². The zero-order chi connectivity index (χ0) is 16.9. The molecule has 1 aromatic rings. The molecule has 128 valence electrons. The van der Waals surface area contributed by atoms with Gasteiger partial charge in [-0.3, -0.25) is 4.79 Å². The molecule has 1 saturated heterocycles. The highest BCUT2D eigenvalue weighted by molar-refractivity contribution is 7.89. The van der Waals surface area contributed by atoms with E-state index in [9.17, 15) is 17.6 Å². The van der Waals surface area contributed by atoms with Crippen LogP contribution in [0.4, 0.5) is 4.39 Å². The van der Waals surface area contributed by atoms with Gasteiger partial charge in [-0.2, -0.15) is 4.31 Å². The molecule has 0 unspecified atom stereocenters. The monoisotopic (exact) mass is 342 g/mol. The van der Waals surface area contributed by atoms with Crippen molar-refractivity contribution in [2.45, 2.75) is 38.6 Å². The van der Waals surface area contributed by atoms with Gasteiger partial charge in [-0.25, -0.2) is 12.8 Å². The second-order valence-electron chi connectivity index (χ2n) is 5.75. The molecule has 1 aliphatic rings. The van der Waals surface area contributed by atoms with Gasteiger partial charge in [0.1, 0.15) is 5.82 Å². The van der Waals surface area contributed by atoms with E-state index >= 15 is 0 Å². The normalized spacial score (nSPS) is 19.5. The first-order valence-corrected chi connectivity index (χ1v) is 9.58. The lowest BCUT2D eigenvalue weighted by Gasteiger charge is -2.34. The molecule has 1 amide bonds. The van der Waals surface area contributed by atoms with E-state index < -0.39 is 21.7 Å². The first kappa shape index (κ1) is 17.9. The van der Waals surface area contributed by atoms with Crippen molar-refractivity contribution in [2.24, 2.45) is 0 Å². The van der Waals surface area contributed by atoms with Gasteiger partial charge in [0.2, 0.25) is 10.0 Å². The van der Waals surface area contributed by atoms with Crippen LogP contribution in [0.3, 0.4) is 0 Å². The van der Waals surface area contributed by atoms with E-state index in [0.717, 1.165) is 25.7 Å². The summed E-state index contributed by atoms with van der Waals surface area (Å²) in [7, 11) is -3.37. The van der Waals surface area contributed by atoms with Crippen LogP contribution in [-0.4, -0.2) is 43.5 Å². The molecule has 0 spiro atoms. The van der Waals surface area contributed by atoms with Crippen molar-refractivity contribution in [3.8, 4) is 0 Å². The molecular formula is C16H23FN2O3S. The molecule has 23 heavy (non-hydrogen) atoms. The first-order valence-electron chi connectivity index (χ1n) is 7.97. The molecule has 2 rings (SSSR count). The largest absolute Gasteiger partial charge is 0.351 e. The quantitative estimate of drug-likeness (QED) is 0.861. The van der Waals surface area contributed by atoms with Gasteiger partial charge in [0.05, 0.1) is 5.75 Å². The van der Waals surface area contributed by atoms with Crippen LogP contribution in [0.2, 0.25) is 0 Å². The third-order valence-corrected chi connectivity index (χ3v) is 6.07. The summed E-state index contributed by atoms with van der Waals surface area (Å²) >= 11 is 0. The van der Waals surface area contributed by atoms with E-state index in [0.29, 0.717) is 12.1 Å². The van der Waals surface area contributed by atoms with Crippen LogP contribution < -0.4 is 5.32 Å². The number of piperidine rings is 1. The number of benzene rings is 1. The lowest BCUT2D eigenvalue weighted by atomic mass is 10.0. The van der Waals surface area contributed by atoms with Crippen LogP contribution in [0.1, 0.15) is 43.0 Å². The Morgan fingerprint density at radius 1 is 1.30 bits per heavy atom. The van der Waals surface area contributed by atoms with Crippen molar-refractivity contribution in [2.75, 3.05) is 18.8 Å². The summed E-state index contributed by atoms with van der Waals surface area (Å²) < 4.78 is 39.3. The van der Waals surface area contributed by atoms with Crippen molar-refractivity contribution in [1.29, 1.82) is 0 Å². The standard InChI is InChI=1S/C16H23FN2O3S/c1-2-15-5-3-4-11-19(15)23(21,22)12-10-18-16(20)13-6-8-14(17)9-7-13/h6-9,15H,2-5,10-12H2,1H3,(H,18,20)/t15-/m1/s1. The fourth-order valence-electron chi connectivity index (χ4n) is 2.86. The third-order valence-electron chi connectivity index (χ3n) is 4.15. The Bertz CT molecular complexity index is 631. The molecule has 0 radical (unpaired) electrons. The number of rotatable bonds is 6. The predicted octanol–water partition coefficient (Wildman–Crippen LogP) is 2.15. The molecule has 1 aliphatic heterocycles. The second-order valence-corrected chi connectivity index (χ2v) is 7.79. The Kier molecular flexibility index (Phi) is 6.12. The summed E-state index contributed by atoms with van der Waals surface area (Å²) in [4.78, 5) is 11.9. The highest BCUT2D eigenvalue weighted by Gasteiger charge is 2.30. The summed E-state index contributed by atoms with van der Waals surface area (Å²) in [5, 5.41) is 2.58. The lowest BCUT2D eigenvalue weighted by Crippen LogP contribution is -2.46. The molecule has 0 bridgehead atoms. The summed E-state index contributed by atoms with van der Waals surface area (Å²) in [6, 6.07) is 5.21. The van der Waals surface area contributed by atoms with Gasteiger partial charge in [-0.1, -0.05) is 13.3 Å². The highest BCUT2D eigenvalue weighted by atomic mass is 32.2. The summed E-state index contributed by atoms with van der Waals surface area (Å²) in [6.07, 6.45) is 3.66. The van der Waals surface area contributed by atoms with Gasteiger partial charge < -0.3 is 5.32 Å². The van der Waals surface area contributed by atoms with Gasteiger partial charge in [-0.05, 0) is 43.5 Å². The summed E-state index contributed by atoms with van der Waals surface area (Å²) in [6.45, 7) is 2.60. The van der Waals surface area contributed by atoms with Crippen molar-refractivity contribution in [1.82, 2.24) is 9.62 Å². The van der Waals surface area contributed by atoms with Crippen LogP contribution in [0.15, 0.2) is 24.3 Å². The second kappa shape index (κ2) is 7.88. The lowest BCUT2D eigenvalue weighted by molar-refractivity contribution is 0.0956. The third kappa shape index (κ3) is 4.75. The number of hydrogen-bond donors (Lipinski definition) is 1. The molecule has 1 atom stereocenters. The molecule has 1 aromatic carbocycles. The maximum Gasteiger partial charge on any atom is 0.251 e. The SMILES string of the molecule is CC[C@@H]1CCCCN1S(=O)(=O)CCNC(=O)c1ccc(F)cc1. The molecular weight excluding hydrogens is 319 g/mol. The number of halogens is 1. The van der Waals surface area contributed by atoms with Crippen molar-refractivity contribution < 1.29 is 17.6 Å². The van der Waals surface area contributed by atoms with Gasteiger partial charge in [0.15, 0.2) is 0 Å². The maximum atomic E-state index is 12.8. The average molecular weight is 342 g/mol. The Balaban J connectivity index is 1.89. The summed E-state index contributed by atoms with van der Waals surface area (Å²) in [5.74, 6) is -0.929. The molecule has 5 nitrogen and oxygen atoms in total. The van der Waals surface area contributed by atoms with E-state index in [1.807, 2.05) is 6.92 Å². The Morgan fingerprint density at radius 3 is 2.65 bits per heavy atom. The van der Waals surface area contributed by atoms with E-state index in [4.69, 9.17) is 0 Å². The number of sulfonamides is 1. The number of nitrogens with zero attached hydrogens (tertiary/aromatic N) is 1. The number of carbonyl (C=O) groups is 1. The highest BCUT2D eigenvalue weighted by Crippen LogP contribution is 2.22. The molecule has 1 fully saturated rings. The average Bonchev–Trinajstić information content (AvgIpc) is 2.55. The first-order chi connectivity index (χ1) is 10.9. The van der Waals surface area contributed by atoms with Crippen molar-refractivity contribution >= 4 is 15.9 Å². The van der Waals surface area contributed by atoms with Crippen LogP contribution >= 0.6 is 0 Å². The number of amides is 1. The smallest absolute Gasteiger partial charge is 0.251 e. The zero-order valence-electron chi connectivity index (χ0n) is 13.3. The molecule has 1 heterocycles. The van der Waals surface area contributed by atoms with E-state index in [1.165, 1.54) is 24.3 Å². The zero-order valence-corrected chi connectivity index (χ0v) is 14.1. The van der Waals surface area contributed by atoms with Crippen LogP contribution in [-0.2, 0) is 10.0 Å². The fourth-order valence-corrected chi connectivity index (χ4v) is 4.57. The van der Waals surface area contributed by atoms with Crippen molar-refractivity contribution in [3.63, 3.8) is 0 Å². The fraction of sp³-hybridized carbons (Fsp3) is 0.562. The molecule has 0 aromatic heterocycles.